The first kappa shape index (κ1) is 79.4. The molecule has 0 spiro atoms. The Balaban J connectivity index is 2.09. The number of phenolic OH excluding ortho intramolecular Hbond substituents is 8. The number of halogens is 36. The lowest BCUT2D eigenvalue weighted by Crippen LogP contribution is -2.60. The maximum Gasteiger partial charge on any atom is 0.460 e. The normalized spacial score (nSPS) is 18.5. The van der Waals surface area contributed by atoms with Crippen molar-refractivity contribution in [2.75, 3.05) is 0 Å². The number of rotatable bonds is 20. The van der Waals surface area contributed by atoms with Crippen LogP contribution in [0.3, 0.4) is 0 Å². The number of hydrogen-bond acceptors (Lipinski definition) is 8. The molecule has 0 aromatic heterocycles. The van der Waals surface area contributed by atoms with Crippen molar-refractivity contribution in [3.8, 4) is 46.0 Å². The molecule has 8 nitrogen and oxygen atoms in total. The zero-order valence-corrected chi connectivity index (χ0v) is 45.8. The molecule has 44 heteroatoms. The molecule has 0 saturated heterocycles. The fourth-order valence-electron chi connectivity index (χ4n) is 10.2. The highest BCUT2D eigenvalue weighted by Gasteiger charge is 2.85. The number of alkyl halides is 36. The first-order chi connectivity index (χ1) is 42.5. The first-order valence-electron chi connectivity index (χ1n) is 25.6. The van der Waals surface area contributed by atoms with Crippen LogP contribution in [-0.2, 0) is 0 Å². The Morgan fingerprint density at radius 2 is 0.302 bits per heavy atom. The molecule has 8 N–H and O–H groups in total. The summed E-state index contributed by atoms with van der Waals surface area (Å²) in [6.07, 6.45) is -54.1. The third-order valence-corrected chi connectivity index (χ3v) is 15.5. The molecular formula is C52H36F36O8. The van der Waals surface area contributed by atoms with E-state index in [1.807, 2.05) is 0 Å². The van der Waals surface area contributed by atoms with E-state index in [4.69, 9.17) is 0 Å². The first-order valence-corrected chi connectivity index (χ1v) is 25.6. The molecule has 544 valence electrons. The van der Waals surface area contributed by atoms with Gasteiger partial charge in [-0.2, -0.15) is 158 Å². The second kappa shape index (κ2) is 24.3. The number of benzene rings is 4. The summed E-state index contributed by atoms with van der Waals surface area (Å²) in [5.41, 5.74) is -14.6. The van der Waals surface area contributed by atoms with Gasteiger partial charge < -0.3 is 40.9 Å². The lowest BCUT2D eigenvalue weighted by atomic mass is 9.75. The molecule has 4 aromatic carbocycles. The van der Waals surface area contributed by atoms with Gasteiger partial charge in [-0.3, -0.25) is 0 Å². The zero-order chi connectivity index (χ0) is 74.9. The molecular weight excluding hydrogens is 1440 g/mol. The maximum absolute atomic E-state index is 15.5. The van der Waals surface area contributed by atoms with E-state index in [2.05, 4.69) is 0 Å². The van der Waals surface area contributed by atoms with E-state index in [0.29, 0.717) is 0 Å². The topological polar surface area (TPSA) is 162 Å². The third-order valence-electron chi connectivity index (χ3n) is 15.5. The Labute approximate surface area is 508 Å². The average molecular weight is 1470 g/mol. The molecule has 1 aliphatic carbocycles. The van der Waals surface area contributed by atoms with Gasteiger partial charge in [-0.05, 0) is 49.9 Å². The van der Waals surface area contributed by atoms with Gasteiger partial charge in [0.05, 0.1) is 0 Å². The van der Waals surface area contributed by atoms with Crippen molar-refractivity contribution >= 4 is 0 Å². The van der Waals surface area contributed by atoms with Crippen molar-refractivity contribution in [3.63, 3.8) is 0 Å². The molecule has 0 radical (unpaired) electrons. The quantitative estimate of drug-likeness (QED) is 0.0406. The number of aromatic hydroxyl groups is 8. The van der Waals surface area contributed by atoms with Gasteiger partial charge >= 0.3 is 95.8 Å². The molecule has 0 aliphatic heterocycles. The van der Waals surface area contributed by atoms with Crippen LogP contribution >= 0.6 is 0 Å². The van der Waals surface area contributed by atoms with Crippen molar-refractivity contribution in [1.29, 1.82) is 0 Å². The molecule has 96 heavy (non-hydrogen) atoms. The van der Waals surface area contributed by atoms with Crippen LogP contribution in [0.15, 0.2) is 48.5 Å². The van der Waals surface area contributed by atoms with E-state index in [0.717, 1.165) is 0 Å². The summed E-state index contributed by atoms with van der Waals surface area (Å²) in [7, 11) is 0. The van der Waals surface area contributed by atoms with Gasteiger partial charge in [0.1, 0.15) is 46.0 Å². The number of fused-ring (bicyclic) bond motifs is 8. The molecule has 0 fully saturated rings. The predicted molar refractivity (Wildman–Crippen MR) is 247 cm³/mol. The van der Waals surface area contributed by atoms with Crippen LogP contribution in [0.4, 0.5) is 158 Å². The van der Waals surface area contributed by atoms with Crippen LogP contribution in [0.2, 0.25) is 0 Å². The second-order valence-corrected chi connectivity index (χ2v) is 21.6. The molecule has 0 saturated carbocycles. The minimum atomic E-state index is -7.85. The SMILES string of the molecule is Oc1cc(O)c2cc1C(CCC(F)(F)C(F)(F)C(F)(F)C(F)(F)F)c1cc(c(O)cc1O)C(CCC(F)(F)C(F)(F)C(F)(F)C(F)(F)F)c1cc(c(O)cc1O)C(CCC(F)(F)C(F)(F)C(F)(F)C(F)(F)F)c1cc(c(O)cc1O)C2CCC(F)(F)C(F)(F)C(F)(F)C(F)(F)F. The van der Waals surface area contributed by atoms with E-state index in [-0.39, 0.29) is 48.5 Å². The molecule has 4 aromatic rings. The highest BCUT2D eigenvalue weighted by molar-refractivity contribution is 5.62. The third kappa shape index (κ3) is 13.1. The monoisotopic (exact) mass is 1470 g/mol. The summed E-state index contributed by atoms with van der Waals surface area (Å²) in [6.45, 7) is 0. The lowest BCUT2D eigenvalue weighted by Gasteiger charge is -2.35. The smallest absolute Gasteiger partial charge is 0.460 e. The second-order valence-electron chi connectivity index (χ2n) is 21.6. The van der Waals surface area contributed by atoms with Gasteiger partial charge in [0, 0.05) is 118 Å². The molecule has 0 amide bonds. The Morgan fingerprint density at radius 1 is 0.188 bits per heavy atom. The minimum Gasteiger partial charge on any atom is -0.508 e. The molecule has 0 heterocycles. The molecule has 5 rings (SSSR count). The van der Waals surface area contributed by atoms with Gasteiger partial charge in [-0.25, -0.2) is 0 Å². The van der Waals surface area contributed by atoms with Crippen LogP contribution < -0.4 is 0 Å². The van der Waals surface area contributed by atoms with Crippen molar-refractivity contribution < 1.29 is 199 Å². The number of hydrogen-bond donors (Lipinski definition) is 8. The van der Waals surface area contributed by atoms with Crippen LogP contribution in [0.5, 0.6) is 46.0 Å². The van der Waals surface area contributed by atoms with Gasteiger partial charge in [0.15, 0.2) is 0 Å². The average Bonchev–Trinajstić information content (AvgIpc) is 0.762. The van der Waals surface area contributed by atoms with Gasteiger partial charge in [-0.15, -0.1) is 0 Å². The maximum atomic E-state index is 15.5. The van der Waals surface area contributed by atoms with E-state index < -0.39 is 261 Å². The summed E-state index contributed by atoms with van der Waals surface area (Å²) in [5.74, 6) is -119. The molecule has 8 bridgehead atoms. The highest BCUT2D eigenvalue weighted by atomic mass is 19.5. The highest BCUT2D eigenvalue weighted by Crippen LogP contribution is 2.62. The van der Waals surface area contributed by atoms with Gasteiger partial charge in [-0.1, -0.05) is 0 Å². The minimum absolute atomic E-state index is 0.312. The Morgan fingerprint density at radius 3 is 0.406 bits per heavy atom. The van der Waals surface area contributed by atoms with Crippen LogP contribution in [-0.4, -0.2) is 137 Å². The number of phenols is 8. The zero-order valence-electron chi connectivity index (χ0n) is 45.8. The fourth-order valence-corrected chi connectivity index (χ4v) is 10.2. The standard InChI is InChI=1S/C52H36F36O8/c53-37(54,41(61,62)45(69,70)49(77,78)79)5-1-17-21-9-23(31(91)13-29(21)89)18(2-6-38(55,56)42(63,64)46(71,72)50(80,81)82)25-11-27(35(95)15-33(25)93)20(4-8-40(59,60)44(67,68)48(75,76)52(86,87)88)28-12-26(34(94)16-36(28)96)19(24-10-22(17)30(90)14-32(24)92)3-7-39(57,58)43(65,66)47(73,74)51(83,84)85/h9-20,89-96H,1-8H2. The van der Waals surface area contributed by atoms with Gasteiger partial charge in [0.25, 0.3) is 0 Å². The van der Waals surface area contributed by atoms with E-state index in [1.165, 1.54) is 0 Å². The van der Waals surface area contributed by atoms with Crippen LogP contribution in [0, 0.1) is 0 Å². The Bertz CT molecular complexity index is 2960. The van der Waals surface area contributed by atoms with E-state index in [9.17, 15) is 164 Å². The predicted octanol–water partition coefficient (Wildman–Crippen LogP) is 19.2. The fraction of sp³-hybridized carbons (Fsp3) is 0.538. The van der Waals surface area contributed by atoms with E-state index in [1.54, 1.807) is 0 Å². The van der Waals surface area contributed by atoms with Crippen molar-refractivity contribution in [2.24, 2.45) is 0 Å². The Hall–Kier alpha value is -7.24. The summed E-state index contributed by atoms with van der Waals surface area (Å²) in [6, 6.07) is -2.73. The van der Waals surface area contributed by atoms with Crippen LogP contribution in [0.1, 0.15) is 120 Å². The van der Waals surface area contributed by atoms with E-state index >= 15 is 35.1 Å². The molecule has 1 aliphatic rings. The summed E-state index contributed by atoms with van der Waals surface area (Å²) in [4.78, 5) is 0. The summed E-state index contributed by atoms with van der Waals surface area (Å²) in [5, 5.41) is 90.3. The van der Waals surface area contributed by atoms with Crippen molar-refractivity contribution in [3.05, 3.63) is 93.0 Å². The van der Waals surface area contributed by atoms with Crippen molar-refractivity contribution in [1.82, 2.24) is 0 Å². The largest absolute Gasteiger partial charge is 0.508 e. The van der Waals surface area contributed by atoms with Crippen molar-refractivity contribution in [2.45, 2.75) is 171 Å². The summed E-state index contributed by atoms with van der Waals surface area (Å²) >= 11 is 0. The van der Waals surface area contributed by atoms with Crippen LogP contribution in [0.25, 0.3) is 0 Å². The summed E-state index contributed by atoms with van der Waals surface area (Å²) < 4.78 is 516. The van der Waals surface area contributed by atoms with Gasteiger partial charge in [0.2, 0.25) is 0 Å². The lowest BCUT2D eigenvalue weighted by molar-refractivity contribution is -0.396. The Kier molecular flexibility index (Phi) is 20.1. The molecule has 0 atom stereocenters. The molecule has 0 unspecified atom stereocenters.